The number of hydrogen-bond acceptors (Lipinski definition) is 3. The van der Waals surface area contributed by atoms with Gasteiger partial charge in [0.2, 0.25) is 0 Å². The van der Waals surface area contributed by atoms with Crippen LogP contribution < -0.4 is 0 Å². The van der Waals surface area contributed by atoms with Crippen LogP contribution >= 0.6 is 0 Å². The van der Waals surface area contributed by atoms with E-state index >= 15 is 0 Å². The normalized spacial score (nSPS) is 9.88. The zero-order valence-corrected chi connectivity index (χ0v) is 9.00. The highest BCUT2D eigenvalue weighted by atomic mass is 16.4. The lowest BCUT2D eigenvalue weighted by atomic mass is 10.0. The average molecular weight is 226 g/mol. The summed E-state index contributed by atoms with van der Waals surface area (Å²) in [5.74, 6) is -1.06. The first-order valence-corrected chi connectivity index (χ1v) is 4.99. The maximum atomic E-state index is 10.9. The number of rotatable bonds is 3. The maximum absolute atomic E-state index is 10.9. The molecule has 0 saturated heterocycles. The first kappa shape index (κ1) is 11.0. The van der Waals surface area contributed by atoms with Crippen LogP contribution in [0.15, 0.2) is 49.3 Å². The fraction of sp³-hybridized carbons (Fsp3) is 0. The third-order valence-corrected chi connectivity index (χ3v) is 2.30. The number of aromatic nitrogens is 2. The zero-order chi connectivity index (χ0) is 12.3. The molecule has 4 heteroatoms. The second kappa shape index (κ2) is 4.57. The van der Waals surface area contributed by atoms with Crippen LogP contribution in [0.3, 0.4) is 0 Å². The maximum Gasteiger partial charge on any atom is 0.335 e. The van der Waals surface area contributed by atoms with Gasteiger partial charge in [0.1, 0.15) is 0 Å². The summed E-state index contributed by atoms with van der Waals surface area (Å²) in [5.41, 5.74) is 1.66. The Morgan fingerprint density at radius 3 is 2.53 bits per heavy atom. The Morgan fingerprint density at radius 2 is 1.88 bits per heavy atom. The highest BCUT2D eigenvalue weighted by Crippen LogP contribution is 2.24. The highest BCUT2D eigenvalue weighted by molar-refractivity contribution is 6.16. The zero-order valence-electron chi connectivity index (χ0n) is 9.00. The van der Waals surface area contributed by atoms with Crippen LogP contribution in [0.1, 0.15) is 5.56 Å². The summed E-state index contributed by atoms with van der Waals surface area (Å²) in [6.07, 6.45) is 3.24. The molecule has 84 valence electrons. The number of carbonyl (C=O) groups is 1. The second-order valence-electron chi connectivity index (χ2n) is 3.40. The van der Waals surface area contributed by atoms with Gasteiger partial charge in [0.15, 0.2) is 0 Å². The van der Waals surface area contributed by atoms with E-state index in [1.165, 1.54) is 0 Å². The molecule has 4 nitrogen and oxygen atoms in total. The molecule has 0 aromatic carbocycles. The molecule has 2 aromatic rings. The van der Waals surface area contributed by atoms with Crippen molar-refractivity contribution in [2.75, 3.05) is 0 Å². The van der Waals surface area contributed by atoms with E-state index in [-0.39, 0.29) is 5.57 Å². The third-order valence-electron chi connectivity index (χ3n) is 2.30. The first-order chi connectivity index (χ1) is 8.20. The van der Waals surface area contributed by atoms with Crippen LogP contribution in [0.4, 0.5) is 0 Å². The van der Waals surface area contributed by atoms with Gasteiger partial charge >= 0.3 is 5.97 Å². The Labute approximate surface area is 98.3 Å². The van der Waals surface area contributed by atoms with Crippen molar-refractivity contribution in [3.63, 3.8) is 0 Å². The molecule has 0 spiro atoms. The first-order valence-electron chi connectivity index (χ1n) is 4.99. The number of hydrogen-bond donors (Lipinski definition) is 1. The van der Waals surface area contributed by atoms with Crippen LogP contribution in [0.25, 0.3) is 17.0 Å². The van der Waals surface area contributed by atoms with Gasteiger partial charge in [0.25, 0.3) is 0 Å². The van der Waals surface area contributed by atoms with Crippen LogP contribution in [0.5, 0.6) is 0 Å². The smallest absolute Gasteiger partial charge is 0.335 e. The standard InChI is InChI=1S/C13H10N2O2/c1-9(13(16)17)10-5-4-8-15-12(10)11-6-2-3-7-14-11/h2-8H,1H2,(H,16,17). The largest absolute Gasteiger partial charge is 0.478 e. The number of nitrogens with zero attached hydrogens (tertiary/aromatic N) is 2. The molecule has 0 bridgehead atoms. The number of carboxylic acids is 1. The van der Waals surface area contributed by atoms with Crippen LogP contribution in [-0.4, -0.2) is 21.0 Å². The minimum absolute atomic E-state index is 0.0127. The molecule has 0 unspecified atom stereocenters. The summed E-state index contributed by atoms with van der Waals surface area (Å²) in [7, 11) is 0. The molecule has 2 heterocycles. The molecule has 0 aliphatic heterocycles. The van der Waals surface area contributed by atoms with Crippen molar-refractivity contribution in [2.24, 2.45) is 0 Å². The van der Waals surface area contributed by atoms with Crippen molar-refractivity contribution in [1.82, 2.24) is 9.97 Å². The molecule has 1 N–H and O–H groups in total. The van der Waals surface area contributed by atoms with E-state index in [0.717, 1.165) is 0 Å². The molecule has 0 aliphatic carbocycles. The van der Waals surface area contributed by atoms with Crippen LogP contribution in [-0.2, 0) is 4.79 Å². The minimum atomic E-state index is -1.06. The molecule has 0 aliphatic rings. The molecule has 2 aromatic heterocycles. The van der Waals surface area contributed by atoms with Gasteiger partial charge in [-0.15, -0.1) is 0 Å². The van der Waals surface area contributed by atoms with Crippen molar-refractivity contribution < 1.29 is 9.90 Å². The van der Waals surface area contributed by atoms with Crippen LogP contribution in [0, 0.1) is 0 Å². The molecule has 2 rings (SSSR count). The SMILES string of the molecule is C=C(C(=O)O)c1cccnc1-c1ccccn1. The van der Waals surface area contributed by atoms with E-state index in [4.69, 9.17) is 5.11 Å². The summed E-state index contributed by atoms with van der Waals surface area (Å²) in [4.78, 5) is 19.3. The summed E-state index contributed by atoms with van der Waals surface area (Å²) >= 11 is 0. The fourth-order valence-electron chi connectivity index (χ4n) is 1.47. The van der Waals surface area contributed by atoms with Gasteiger partial charge in [-0.05, 0) is 18.2 Å². The molecular weight excluding hydrogens is 216 g/mol. The van der Waals surface area contributed by atoms with E-state index in [0.29, 0.717) is 17.0 Å². The van der Waals surface area contributed by atoms with Gasteiger partial charge in [-0.2, -0.15) is 0 Å². The molecule has 0 fully saturated rings. The minimum Gasteiger partial charge on any atom is -0.478 e. The summed E-state index contributed by atoms with van der Waals surface area (Å²) in [5, 5.41) is 8.96. The van der Waals surface area contributed by atoms with Gasteiger partial charge in [0, 0.05) is 18.0 Å². The van der Waals surface area contributed by atoms with E-state index in [1.54, 1.807) is 36.7 Å². The predicted molar refractivity (Wildman–Crippen MR) is 64.1 cm³/mol. The lowest BCUT2D eigenvalue weighted by Crippen LogP contribution is -2.01. The van der Waals surface area contributed by atoms with Gasteiger partial charge in [-0.25, -0.2) is 4.79 Å². The number of pyridine rings is 2. The van der Waals surface area contributed by atoms with E-state index in [1.807, 2.05) is 6.07 Å². The summed E-state index contributed by atoms with van der Waals surface area (Å²) in [6, 6.07) is 8.74. The average Bonchev–Trinajstić information content (AvgIpc) is 2.39. The van der Waals surface area contributed by atoms with Gasteiger partial charge in [-0.1, -0.05) is 18.7 Å². The Hall–Kier alpha value is -2.49. The van der Waals surface area contributed by atoms with Gasteiger partial charge in [0.05, 0.1) is 17.0 Å². The topological polar surface area (TPSA) is 63.1 Å². The monoisotopic (exact) mass is 226 g/mol. The number of carboxylic acid groups (broad SMARTS) is 1. The Kier molecular flexibility index (Phi) is 2.96. The predicted octanol–water partition coefficient (Wildman–Crippen LogP) is 2.24. The number of aliphatic carboxylic acids is 1. The van der Waals surface area contributed by atoms with Gasteiger partial charge < -0.3 is 5.11 Å². The fourth-order valence-corrected chi connectivity index (χ4v) is 1.47. The van der Waals surface area contributed by atoms with E-state index in [9.17, 15) is 4.79 Å². The molecule has 0 amide bonds. The molecule has 17 heavy (non-hydrogen) atoms. The van der Waals surface area contributed by atoms with E-state index in [2.05, 4.69) is 16.5 Å². The second-order valence-corrected chi connectivity index (χ2v) is 3.40. The molecule has 0 saturated carbocycles. The molecule has 0 radical (unpaired) electrons. The Bertz CT molecular complexity index is 565. The van der Waals surface area contributed by atoms with Crippen molar-refractivity contribution in [2.45, 2.75) is 0 Å². The third kappa shape index (κ3) is 2.20. The summed E-state index contributed by atoms with van der Waals surface area (Å²) in [6.45, 7) is 3.54. The van der Waals surface area contributed by atoms with Crippen molar-refractivity contribution >= 4 is 11.5 Å². The van der Waals surface area contributed by atoms with Crippen molar-refractivity contribution in [1.29, 1.82) is 0 Å². The molecular formula is C13H10N2O2. The van der Waals surface area contributed by atoms with E-state index < -0.39 is 5.97 Å². The van der Waals surface area contributed by atoms with Crippen molar-refractivity contribution in [3.05, 3.63) is 54.9 Å². The van der Waals surface area contributed by atoms with Crippen molar-refractivity contribution in [3.8, 4) is 11.4 Å². The lowest BCUT2D eigenvalue weighted by Gasteiger charge is -2.07. The van der Waals surface area contributed by atoms with Gasteiger partial charge in [-0.3, -0.25) is 9.97 Å². The Morgan fingerprint density at radius 1 is 1.12 bits per heavy atom. The quantitative estimate of drug-likeness (QED) is 0.815. The Balaban J connectivity index is 2.56. The lowest BCUT2D eigenvalue weighted by molar-refractivity contribution is -0.130. The molecule has 0 atom stereocenters. The summed E-state index contributed by atoms with van der Waals surface area (Å²) < 4.78 is 0. The highest BCUT2D eigenvalue weighted by Gasteiger charge is 2.14. The van der Waals surface area contributed by atoms with Crippen LogP contribution in [0.2, 0.25) is 0 Å².